The molecule has 0 bridgehead atoms. The first-order valence-corrected chi connectivity index (χ1v) is 3.29. The molecule has 9 heavy (non-hydrogen) atoms. The maximum Gasteiger partial charge on any atom is 0.442 e. The Kier molecular flexibility index (Phi) is 2.44. The SMILES string of the molecule is CC(C)(C)SC(F)(F)F. The molecule has 0 aliphatic carbocycles. The number of alkyl halides is 3. The second kappa shape index (κ2) is 2.40. The van der Waals surface area contributed by atoms with Gasteiger partial charge in [-0.05, 0) is 11.8 Å². The molecule has 0 aromatic heterocycles. The largest absolute Gasteiger partial charge is 0.442 e. The summed E-state index contributed by atoms with van der Waals surface area (Å²) in [5, 5.41) is 0. The Morgan fingerprint density at radius 3 is 1.33 bits per heavy atom. The van der Waals surface area contributed by atoms with E-state index in [0.29, 0.717) is 0 Å². The summed E-state index contributed by atoms with van der Waals surface area (Å²) in [5.41, 5.74) is -4.10. The Morgan fingerprint density at radius 2 is 1.33 bits per heavy atom. The molecule has 0 atom stereocenters. The van der Waals surface area contributed by atoms with Crippen molar-refractivity contribution < 1.29 is 13.2 Å². The molecule has 0 amide bonds. The highest BCUT2D eigenvalue weighted by molar-refractivity contribution is 8.01. The van der Waals surface area contributed by atoms with E-state index in [1.807, 2.05) is 0 Å². The van der Waals surface area contributed by atoms with Gasteiger partial charge in [-0.3, -0.25) is 0 Å². The summed E-state index contributed by atoms with van der Waals surface area (Å²) in [5.74, 6) is 0. The van der Waals surface area contributed by atoms with Gasteiger partial charge in [0.15, 0.2) is 0 Å². The van der Waals surface area contributed by atoms with Crippen LogP contribution in [0, 0.1) is 0 Å². The van der Waals surface area contributed by atoms with Crippen LogP contribution in [0.5, 0.6) is 0 Å². The molecule has 0 unspecified atom stereocenters. The Bertz CT molecular complexity index is 77.4. The lowest BCUT2D eigenvalue weighted by atomic mass is 10.3. The average Bonchev–Trinajstić information content (AvgIpc) is 1.14. The van der Waals surface area contributed by atoms with Gasteiger partial charge < -0.3 is 0 Å². The molecule has 4 heteroatoms. The van der Waals surface area contributed by atoms with Gasteiger partial charge in [0.05, 0.1) is 0 Å². The first-order valence-electron chi connectivity index (χ1n) is 2.48. The number of halogens is 3. The van der Waals surface area contributed by atoms with Crippen molar-refractivity contribution in [2.24, 2.45) is 0 Å². The lowest BCUT2D eigenvalue weighted by Crippen LogP contribution is -2.16. The molecule has 0 aliphatic rings. The molecule has 0 heterocycles. The summed E-state index contributed by atoms with van der Waals surface area (Å²) in [6.07, 6.45) is 0. The second-order valence-corrected chi connectivity index (χ2v) is 4.55. The topological polar surface area (TPSA) is 0 Å². The minimum absolute atomic E-state index is 0.0139. The molecule has 0 radical (unpaired) electrons. The smallest absolute Gasteiger partial charge is 0.160 e. The van der Waals surface area contributed by atoms with Crippen molar-refractivity contribution in [1.82, 2.24) is 0 Å². The molecule has 56 valence electrons. The van der Waals surface area contributed by atoms with Crippen molar-refractivity contribution in [3.63, 3.8) is 0 Å². The van der Waals surface area contributed by atoms with Gasteiger partial charge in [-0.2, -0.15) is 13.2 Å². The van der Waals surface area contributed by atoms with E-state index in [1.54, 1.807) is 0 Å². The van der Waals surface area contributed by atoms with Crippen LogP contribution in [0.1, 0.15) is 20.8 Å². The molecule has 0 aliphatic heterocycles. The number of hydrogen-bond donors (Lipinski definition) is 0. The van der Waals surface area contributed by atoms with E-state index in [2.05, 4.69) is 0 Å². The predicted molar refractivity (Wildman–Crippen MR) is 33.4 cm³/mol. The number of rotatable bonds is 0. The van der Waals surface area contributed by atoms with Gasteiger partial charge in [0, 0.05) is 4.75 Å². The highest BCUT2D eigenvalue weighted by Gasteiger charge is 2.34. The van der Waals surface area contributed by atoms with Gasteiger partial charge in [0.25, 0.3) is 0 Å². The van der Waals surface area contributed by atoms with Crippen LogP contribution < -0.4 is 0 Å². The van der Waals surface area contributed by atoms with Crippen LogP contribution in [0.15, 0.2) is 0 Å². The van der Waals surface area contributed by atoms with Crippen LogP contribution in [0.4, 0.5) is 13.2 Å². The zero-order valence-corrected chi connectivity index (χ0v) is 6.36. The molecule has 0 rings (SSSR count). The minimum atomic E-state index is -4.10. The van der Waals surface area contributed by atoms with Gasteiger partial charge in [-0.25, -0.2) is 0 Å². The van der Waals surface area contributed by atoms with Gasteiger partial charge in [0.2, 0.25) is 0 Å². The number of thioether (sulfide) groups is 1. The van der Waals surface area contributed by atoms with E-state index < -0.39 is 10.3 Å². The first kappa shape index (κ1) is 9.14. The fourth-order valence-corrected chi connectivity index (χ4v) is 1.04. The highest BCUT2D eigenvalue weighted by atomic mass is 32.2. The second-order valence-electron chi connectivity index (χ2n) is 2.66. The Hall–Kier alpha value is 0.140. The van der Waals surface area contributed by atoms with E-state index >= 15 is 0 Å². The standard InChI is InChI=1S/C5H9F3S/c1-4(2,3)9-5(6,7)8/h1-3H3. The van der Waals surface area contributed by atoms with Crippen LogP contribution in [0.2, 0.25) is 0 Å². The Morgan fingerprint density at radius 1 is 1.00 bits per heavy atom. The van der Waals surface area contributed by atoms with E-state index in [-0.39, 0.29) is 11.8 Å². The highest BCUT2D eigenvalue weighted by Crippen LogP contribution is 2.39. The van der Waals surface area contributed by atoms with Crippen LogP contribution >= 0.6 is 11.8 Å². The van der Waals surface area contributed by atoms with Crippen LogP contribution in [0.3, 0.4) is 0 Å². The lowest BCUT2D eigenvalue weighted by molar-refractivity contribution is -0.0339. The molecular formula is C5H9F3S. The van der Waals surface area contributed by atoms with Crippen molar-refractivity contribution in [2.75, 3.05) is 0 Å². The molecule has 0 N–H and O–H groups in total. The molecule has 0 saturated carbocycles. The summed E-state index contributed by atoms with van der Waals surface area (Å²) >= 11 is 0.0139. The van der Waals surface area contributed by atoms with E-state index in [1.165, 1.54) is 20.8 Å². The fourth-order valence-electron chi connectivity index (χ4n) is 0.347. The first-order chi connectivity index (χ1) is 3.71. The molecule has 0 aromatic rings. The Labute approximate surface area is 56.8 Å². The molecule has 0 fully saturated rings. The summed E-state index contributed by atoms with van der Waals surface area (Å²) in [7, 11) is 0. The van der Waals surface area contributed by atoms with Crippen molar-refractivity contribution in [3.05, 3.63) is 0 Å². The normalized spacial score (nSPS) is 14.0. The van der Waals surface area contributed by atoms with Gasteiger partial charge >= 0.3 is 5.51 Å². The molecule has 0 saturated heterocycles. The summed E-state index contributed by atoms with van der Waals surface area (Å²) in [6, 6.07) is 0. The van der Waals surface area contributed by atoms with E-state index in [9.17, 15) is 13.2 Å². The molecular weight excluding hydrogens is 149 g/mol. The molecule has 0 aromatic carbocycles. The Balaban J connectivity index is 3.75. The maximum absolute atomic E-state index is 11.5. The van der Waals surface area contributed by atoms with Gasteiger partial charge in [0.1, 0.15) is 0 Å². The molecule has 0 spiro atoms. The van der Waals surface area contributed by atoms with Crippen molar-refractivity contribution in [2.45, 2.75) is 31.0 Å². The third kappa shape index (κ3) is 8.14. The lowest BCUT2D eigenvalue weighted by Gasteiger charge is -2.18. The zero-order chi connectivity index (χ0) is 7.71. The predicted octanol–water partition coefficient (Wildman–Crippen LogP) is 3.04. The van der Waals surface area contributed by atoms with Crippen molar-refractivity contribution in [3.8, 4) is 0 Å². The minimum Gasteiger partial charge on any atom is -0.160 e. The van der Waals surface area contributed by atoms with E-state index in [4.69, 9.17) is 0 Å². The van der Waals surface area contributed by atoms with Crippen LogP contribution in [-0.2, 0) is 0 Å². The van der Waals surface area contributed by atoms with Gasteiger partial charge in [-0.1, -0.05) is 20.8 Å². The summed E-state index contributed by atoms with van der Waals surface area (Å²) < 4.78 is 33.8. The van der Waals surface area contributed by atoms with Crippen LogP contribution in [-0.4, -0.2) is 10.3 Å². The third-order valence-electron chi connectivity index (χ3n) is 0.422. The van der Waals surface area contributed by atoms with Crippen LogP contribution in [0.25, 0.3) is 0 Å². The zero-order valence-electron chi connectivity index (χ0n) is 5.54. The third-order valence-corrected chi connectivity index (χ3v) is 1.27. The monoisotopic (exact) mass is 158 g/mol. The van der Waals surface area contributed by atoms with Crippen molar-refractivity contribution >= 4 is 11.8 Å². The number of hydrogen-bond acceptors (Lipinski definition) is 1. The van der Waals surface area contributed by atoms with E-state index in [0.717, 1.165) is 0 Å². The molecule has 0 nitrogen and oxygen atoms in total. The summed E-state index contributed by atoms with van der Waals surface area (Å²) in [4.78, 5) is 0. The fraction of sp³-hybridized carbons (Fsp3) is 1.00. The van der Waals surface area contributed by atoms with Crippen molar-refractivity contribution in [1.29, 1.82) is 0 Å². The maximum atomic E-state index is 11.5. The quantitative estimate of drug-likeness (QED) is 0.522. The average molecular weight is 158 g/mol. The summed E-state index contributed by atoms with van der Waals surface area (Å²) in [6.45, 7) is 4.60. The van der Waals surface area contributed by atoms with Gasteiger partial charge in [-0.15, -0.1) is 0 Å².